The molecule has 3 rings (SSSR count). The van der Waals surface area contributed by atoms with E-state index < -0.39 is 21.9 Å². The number of methoxy groups -OCH3 is 1. The largest absolute Gasteiger partial charge is 0.468 e. The van der Waals surface area contributed by atoms with Crippen LogP contribution in [0.3, 0.4) is 0 Å². The van der Waals surface area contributed by atoms with Crippen LogP contribution < -0.4 is 0 Å². The molecule has 1 atom stereocenters. The number of aromatic nitrogens is 1. The second-order valence-corrected chi connectivity index (χ2v) is 10.1. The number of hydrogen-bond donors (Lipinski definition) is 0. The minimum atomic E-state index is -3.86. The molecule has 2 heterocycles. The highest BCUT2D eigenvalue weighted by Gasteiger charge is 2.38. The summed E-state index contributed by atoms with van der Waals surface area (Å²) in [5.74, 6) is -1.23. The highest BCUT2D eigenvalue weighted by Crippen LogP contribution is 2.28. The first kappa shape index (κ1) is 24.2. The molecule has 1 saturated heterocycles. The topological polar surface area (TPSA) is 110 Å². The third-order valence-corrected chi connectivity index (χ3v) is 7.81. The molecule has 2 aromatic rings. The Morgan fingerprint density at radius 2 is 1.97 bits per heavy atom. The number of rotatable bonds is 7. The highest BCUT2D eigenvalue weighted by atomic mass is 35.5. The van der Waals surface area contributed by atoms with E-state index in [-0.39, 0.29) is 41.9 Å². The van der Waals surface area contributed by atoms with Crippen LogP contribution in [0, 0.1) is 19.8 Å². The summed E-state index contributed by atoms with van der Waals surface area (Å²) < 4.78 is 37.4. The standard InChI is InChI=1S/C21H26ClN3O6S/c1-14-20(15(2)31-23-14)32(28,29)25-10-4-5-17(12-25)21(27)24(13-19(26)30-3)11-16-6-8-18(22)9-7-16/h6-9,17H,4-5,10-13H2,1-3H3. The van der Waals surface area contributed by atoms with Crippen LogP contribution in [0.25, 0.3) is 0 Å². The summed E-state index contributed by atoms with van der Waals surface area (Å²) in [6.45, 7) is 3.38. The Hall–Kier alpha value is -2.43. The van der Waals surface area contributed by atoms with Gasteiger partial charge in [0.15, 0.2) is 5.76 Å². The summed E-state index contributed by atoms with van der Waals surface area (Å²) in [6.07, 6.45) is 1.04. The van der Waals surface area contributed by atoms with E-state index in [0.29, 0.717) is 24.4 Å². The van der Waals surface area contributed by atoms with Crippen LogP contribution in [0.15, 0.2) is 33.7 Å². The Balaban J connectivity index is 1.81. The van der Waals surface area contributed by atoms with Crippen molar-refractivity contribution in [3.8, 4) is 0 Å². The number of sulfonamides is 1. The van der Waals surface area contributed by atoms with Crippen LogP contribution in [0.4, 0.5) is 0 Å². The van der Waals surface area contributed by atoms with Gasteiger partial charge < -0.3 is 14.2 Å². The van der Waals surface area contributed by atoms with Crippen molar-refractivity contribution in [3.05, 3.63) is 46.3 Å². The van der Waals surface area contributed by atoms with Crippen LogP contribution >= 0.6 is 11.6 Å². The molecule has 174 valence electrons. The smallest absolute Gasteiger partial charge is 0.325 e. The number of carbonyl (C=O) groups excluding carboxylic acids is 2. The van der Waals surface area contributed by atoms with Gasteiger partial charge in [-0.1, -0.05) is 28.9 Å². The van der Waals surface area contributed by atoms with Gasteiger partial charge in [-0.3, -0.25) is 9.59 Å². The van der Waals surface area contributed by atoms with Gasteiger partial charge in [-0.05, 0) is 44.4 Å². The third kappa shape index (κ3) is 5.31. The fourth-order valence-corrected chi connectivity index (χ4v) is 5.78. The van der Waals surface area contributed by atoms with E-state index in [2.05, 4.69) is 5.16 Å². The lowest BCUT2D eigenvalue weighted by molar-refractivity contribution is -0.149. The molecule has 0 aliphatic carbocycles. The number of carbonyl (C=O) groups is 2. The molecule has 1 aliphatic rings. The van der Waals surface area contributed by atoms with Crippen molar-refractivity contribution < 1.29 is 27.3 Å². The first-order valence-corrected chi connectivity index (χ1v) is 12.0. The van der Waals surface area contributed by atoms with Gasteiger partial charge in [-0.25, -0.2) is 8.42 Å². The molecular formula is C21H26ClN3O6S. The van der Waals surface area contributed by atoms with E-state index in [1.165, 1.54) is 16.3 Å². The van der Waals surface area contributed by atoms with Gasteiger partial charge in [-0.2, -0.15) is 4.31 Å². The van der Waals surface area contributed by atoms with Crippen molar-refractivity contribution in [1.82, 2.24) is 14.4 Å². The van der Waals surface area contributed by atoms with E-state index in [0.717, 1.165) is 5.56 Å². The molecule has 1 aromatic carbocycles. The fourth-order valence-electron chi connectivity index (χ4n) is 3.83. The zero-order valence-electron chi connectivity index (χ0n) is 18.2. The molecule has 0 saturated carbocycles. The van der Waals surface area contributed by atoms with Crippen molar-refractivity contribution in [2.45, 2.75) is 38.1 Å². The lowest BCUT2D eigenvalue weighted by atomic mass is 9.97. The third-order valence-electron chi connectivity index (χ3n) is 5.45. The van der Waals surface area contributed by atoms with E-state index in [1.807, 2.05) is 0 Å². The maximum absolute atomic E-state index is 13.4. The lowest BCUT2D eigenvalue weighted by Crippen LogP contribution is -2.47. The normalized spacial score (nSPS) is 17.2. The summed E-state index contributed by atoms with van der Waals surface area (Å²) in [5.41, 5.74) is 1.08. The SMILES string of the molecule is COC(=O)CN(Cc1ccc(Cl)cc1)C(=O)C1CCCN(S(=O)(=O)c2c(C)noc2C)C1. The number of hydrogen-bond acceptors (Lipinski definition) is 7. The van der Waals surface area contributed by atoms with Crippen LogP contribution in [0.5, 0.6) is 0 Å². The summed E-state index contributed by atoms with van der Waals surface area (Å²) in [7, 11) is -2.61. The second-order valence-electron chi connectivity index (χ2n) is 7.75. The van der Waals surface area contributed by atoms with Crippen LogP contribution in [-0.4, -0.2) is 61.4 Å². The summed E-state index contributed by atoms with van der Waals surface area (Å²) in [5, 5.41) is 4.30. The summed E-state index contributed by atoms with van der Waals surface area (Å²) in [6, 6.07) is 6.95. The number of piperidine rings is 1. The average molecular weight is 484 g/mol. The maximum Gasteiger partial charge on any atom is 0.325 e. The predicted molar refractivity (Wildman–Crippen MR) is 116 cm³/mol. The first-order chi connectivity index (χ1) is 15.1. The minimum absolute atomic E-state index is 0.0174. The van der Waals surface area contributed by atoms with Gasteiger partial charge in [-0.15, -0.1) is 0 Å². The second kappa shape index (κ2) is 10.0. The number of esters is 1. The Kier molecular flexibility index (Phi) is 7.58. The molecule has 0 spiro atoms. The van der Waals surface area contributed by atoms with Gasteiger partial charge in [0, 0.05) is 24.7 Å². The lowest BCUT2D eigenvalue weighted by Gasteiger charge is -2.34. The molecule has 32 heavy (non-hydrogen) atoms. The molecule has 0 bridgehead atoms. The fraction of sp³-hybridized carbons (Fsp3) is 0.476. The highest BCUT2D eigenvalue weighted by molar-refractivity contribution is 7.89. The molecule has 1 fully saturated rings. The average Bonchev–Trinajstić information content (AvgIpc) is 3.12. The van der Waals surface area contributed by atoms with Crippen molar-refractivity contribution in [2.24, 2.45) is 5.92 Å². The molecular weight excluding hydrogens is 458 g/mol. The molecule has 1 amide bonds. The summed E-state index contributed by atoms with van der Waals surface area (Å²) in [4.78, 5) is 26.7. The monoisotopic (exact) mass is 483 g/mol. The van der Waals surface area contributed by atoms with Crippen LogP contribution in [0.2, 0.25) is 5.02 Å². The molecule has 0 radical (unpaired) electrons. The molecule has 0 N–H and O–H groups in total. The first-order valence-electron chi connectivity index (χ1n) is 10.2. The van der Waals surface area contributed by atoms with Crippen molar-refractivity contribution >= 4 is 33.5 Å². The Morgan fingerprint density at radius 3 is 2.56 bits per heavy atom. The number of nitrogens with zero attached hydrogens (tertiary/aromatic N) is 3. The zero-order valence-corrected chi connectivity index (χ0v) is 19.8. The van der Waals surface area contributed by atoms with E-state index in [4.69, 9.17) is 20.9 Å². The molecule has 9 nitrogen and oxygen atoms in total. The quantitative estimate of drug-likeness (QED) is 0.556. The van der Waals surface area contributed by atoms with Gasteiger partial charge in [0.1, 0.15) is 17.1 Å². The van der Waals surface area contributed by atoms with Crippen molar-refractivity contribution in [2.75, 3.05) is 26.7 Å². The van der Waals surface area contributed by atoms with Crippen molar-refractivity contribution in [1.29, 1.82) is 0 Å². The van der Waals surface area contributed by atoms with Gasteiger partial charge >= 0.3 is 5.97 Å². The predicted octanol–water partition coefficient (Wildman–Crippen LogP) is 2.55. The van der Waals surface area contributed by atoms with E-state index >= 15 is 0 Å². The number of amides is 1. The van der Waals surface area contributed by atoms with Crippen molar-refractivity contribution in [3.63, 3.8) is 0 Å². The molecule has 1 aromatic heterocycles. The minimum Gasteiger partial charge on any atom is -0.468 e. The van der Waals surface area contributed by atoms with Crippen LogP contribution in [-0.2, 0) is 30.9 Å². The molecule has 1 aliphatic heterocycles. The van der Waals surface area contributed by atoms with Gasteiger partial charge in [0.25, 0.3) is 0 Å². The van der Waals surface area contributed by atoms with E-state index in [1.54, 1.807) is 38.1 Å². The number of ether oxygens (including phenoxy) is 1. The van der Waals surface area contributed by atoms with Gasteiger partial charge in [0.2, 0.25) is 15.9 Å². The Labute approximate surface area is 192 Å². The summed E-state index contributed by atoms with van der Waals surface area (Å²) >= 11 is 5.93. The Morgan fingerprint density at radius 1 is 1.28 bits per heavy atom. The zero-order chi connectivity index (χ0) is 23.5. The number of halogens is 1. The van der Waals surface area contributed by atoms with Crippen LogP contribution in [0.1, 0.15) is 29.9 Å². The van der Waals surface area contributed by atoms with Gasteiger partial charge in [0.05, 0.1) is 13.0 Å². The Bertz CT molecular complexity index is 1060. The molecule has 1 unspecified atom stereocenters. The number of benzene rings is 1. The van der Waals surface area contributed by atoms with E-state index in [9.17, 15) is 18.0 Å². The molecule has 11 heteroatoms. The maximum atomic E-state index is 13.4. The number of aryl methyl sites for hydroxylation is 2.